The van der Waals surface area contributed by atoms with E-state index in [-0.39, 0.29) is 0 Å². The van der Waals surface area contributed by atoms with Gasteiger partial charge in [-0.3, -0.25) is 0 Å². The molecule has 0 N–H and O–H groups in total. The monoisotopic (exact) mass is 344 g/mol. The Morgan fingerprint density at radius 1 is 1.19 bits per heavy atom. The topological polar surface area (TPSA) is 9.23 Å². The average molecular weight is 344 g/mol. The molecule has 1 nitrogen and oxygen atoms in total. The van der Waals surface area contributed by atoms with Gasteiger partial charge in [0.2, 0.25) is 0 Å². The summed E-state index contributed by atoms with van der Waals surface area (Å²) in [7, 11) is 0. The number of rotatable bonds is 10. The zero-order chi connectivity index (χ0) is 19.2. The van der Waals surface area contributed by atoms with Crippen LogP contribution in [0.1, 0.15) is 32.3 Å². The zero-order valence-electron chi connectivity index (χ0n) is 15.9. The largest absolute Gasteiger partial charge is 0.493 e. The molecule has 0 aliphatic heterocycles. The van der Waals surface area contributed by atoms with Crippen molar-refractivity contribution in [1.29, 1.82) is 0 Å². The fourth-order valence-corrected chi connectivity index (χ4v) is 2.28. The van der Waals surface area contributed by atoms with Gasteiger partial charge in [-0.1, -0.05) is 79.3 Å². The fourth-order valence-electron chi connectivity index (χ4n) is 2.28. The molecule has 0 fully saturated rings. The van der Waals surface area contributed by atoms with Gasteiger partial charge in [0.15, 0.2) is 0 Å². The summed E-state index contributed by atoms with van der Waals surface area (Å²) in [6.45, 7) is 12.5. The molecule has 0 spiro atoms. The van der Waals surface area contributed by atoms with Crippen molar-refractivity contribution < 1.29 is 4.74 Å². The molecular formula is C25H28O. The Balaban J connectivity index is 2.91. The Bertz CT molecular complexity index is 749. The van der Waals surface area contributed by atoms with Crippen molar-refractivity contribution in [1.82, 2.24) is 0 Å². The normalized spacial score (nSPS) is 12.7. The number of allylic oxidation sites excluding steroid dienone is 10. The molecule has 0 saturated carbocycles. The molecule has 26 heavy (non-hydrogen) atoms. The molecule has 1 rings (SSSR count). The summed E-state index contributed by atoms with van der Waals surface area (Å²) in [5.74, 6) is 3.39. The lowest BCUT2D eigenvalue weighted by molar-refractivity contribution is 0.197. The van der Waals surface area contributed by atoms with E-state index in [4.69, 9.17) is 11.2 Å². The summed E-state index contributed by atoms with van der Waals surface area (Å²) in [6, 6.07) is 10.2. The van der Waals surface area contributed by atoms with Gasteiger partial charge in [-0.2, -0.15) is 0 Å². The SMILES string of the molecule is C#C/C=C\C=C/CCC(/C=C(\C=C)C(=C)C)=C(/C)OCc1ccccc1. The van der Waals surface area contributed by atoms with Crippen molar-refractivity contribution in [3.63, 3.8) is 0 Å². The minimum Gasteiger partial charge on any atom is -0.493 e. The van der Waals surface area contributed by atoms with Crippen LogP contribution in [0.5, 0.6) is 0 Å². The standard InChI is InChI=1S/C25H28O/c1-6-8-9-10-11-15-18-25(19-24(7-2)21(3)4)22(5)26-20-23-16-13-12-14-17-23/h1,7-14,16-17,19H,2-3,15,18,20H2,4-5H3/b9-8-,11-10-,24-19+,25-22+. The van der Waals surface area contributed by atoms with Crippen LogP contribution in [0.25, 0.3) is 0 Å². The van der Waals surface area contributed by atoms with Crippen LogP contribution in [0, 0.1) is 12.3 Å². The van der Waals surface area contributed by atoms with Crippen LogP contribution in [0.3, 0.4) is 0 Å². The minimum absolute atomic E-state index is 0.557. The molecule has 0 saturated heterocycles. The van der Waals surface area contributed by atoms with Crippen LogP contribution < -0.4 is 0 Å². The van der Waals surface area contributed by atoms with Crippen molar-refractivity contribution in [3.8, 4) is 12.3 Å². The smallest absolute Gasteiger partial charge is 0.113 e. The van der Waals surface area contributed by atoms with Crippen molar-refractivity contribution in [3.05, 3.63) is 108 Å². The summed E-state index contributed by atoms with van der Waals surface area (Å²) < 4.78 is 6.02. The second kappa shape index (κ2) is 12.4. The van der Waals surface area contributed by atoms with Gasteiger partial charge >= 0.3 is 0 Å². The van der Waals surface area contributed by atoms with Crippen molar-refractivity contribution in [2.24, 2.45) is 0 Å². The van der Waals surface area contributed by atoms with Crippen LogP contribution >= 0.6 is 0 Å². The second-order valence-electron chi connectivity index (χ2n) is 5.93. The van der Waals surface area contributed by atoms with Gasteiger partial charge < -0.3 is 4.74 Å². The van der Waals surface area contributed by atoms with E-state index < -0.39 is 0 Å². The van der Waals surface area contributed by atoms with Gasteiger partial charge in [-0.25, -0.2) is 0 Å². The summed E-state index contributed by atoms with van der Waals surface area (Å²) >= 11 is 0. The van der Waals surface area contributed by atoms with Gasteiger partial charge in [-0.15, -0.1) is 6.42 Å². The molecule has 0 aliphatic carbocycles. The Morgan fingerprint density at radius 3 is 2.54 bits per heavy atom. The van der Waals surface area contributed by atoms with Gasteiger partial charge in [0, 0.05) is 0 Å². The number of hydrogen-bond acceptors (Lipinski definition) is 1. The predicted molar refractivity (Wildman–Crippen MR) is 113 cm³/mol. The average Bonchev–Trinajstić information content (AvgIpc) is 2.65. The number of benzene rings is 1. The predicted octanol–water partition coefficient (Wildman–Crippen LogP) is 6.69. The summed E-state index contributed by atoms with van der Waals surface area (Å²) in [5.41, 5.74) is 4.31. The van der Waals surface area contributed by atoms with E-state index in [1.807, 2.05) is 50.3 Å². The van der Waals surface area contributed by atoms with E-state index in [9.17, 15) is 0 Å². The van der Waals surface area contributed by atoms with Crippen LogP contribution in [0.2, 0.25) is 0 Å². The third kappa shape index (κ3) is 8.22. The number of terminal acetylenes is 1. The molecule has 1 heteroatoms. The Hall–Kier alpha value is -2.98. The summed E-state index contributed by atoms with van der Waals surface area (Å²) in [6.07, 6.45) is 18.5. The minimum atomic E-state index is 0.557. The molecule has 1 aromatic rings. The summed E-state index contributed by atoms with van der Waals surface area (Å²) in [4.78, 5) is 0. The molecule has 0 atom stereocenters. The Kier molecular flexibility index (Phi) is 10.0. The first-order chi connectivity index (χ1) is 12.6. The van der Waals surface area contributed by atoms with E-state index in [0.717, 1.165) is 40.9 Å². The van der Waals surface area contributed by atoms with Crippen molar-refractivity contribution in [2.75, 3.05) is 0 Å². The number of ether oxygens (including phenoxy) is 1. The highest BCUT2D eigenvalue weighted by molar-refractivity contribution is 5.42. The second-order valence-corrected chi connectivity index (χ2v) is 5.93. The van der Waals surface area contributed by atoms with Gasteiger partial charge in [0.25, 0.3) is 0 Å². The van der Waals surface area contributed by atoms with Crippen molar-refractivity contribution >= 4 is 0 Å². The third-order valence-electron chi connectivity index (χ3n) is 3.81. The quantitative estimate of drug-likeness (QED) is 0.261. The molecule has 0 bridgehead atoms. The first-order valence-electron chi connectivity index (χ1n) is 8.72. The molecule has 0 heterocycles. The van der Waals surface area contributed by atoms with E-state index in [0.29, 0.717) is 6.61 Å². The van der Waals surface area contributed by atoms with Crippen LogP contribution in [0.15, 0.2) is 102 Å². The lowest BCUT2D eigenvalue weighted by Crippen LogP contribution is -1.96. The molecule has 0 unspecified atom stereocenters. The Morgan fingerprint density at radius 2 is 1.92 bits per heavy atom. The van der Waals surface area contributed by atoms with Gasteiger partial charge in [0.05, 0.1) is 5.76 Å². The van der Waals surface area contributed by atoms with Crippen LogP contribution in [-0.4, -0.2) is 0 Å². The molecule has 0 aliphatic rings. The number of hydrogen-bond donors (Lipinski definition) is 0. The molecule has 134 valence electrons. The molecule has 0 amide bonds. The zero-order valence-corrected chi connectivity index (χ0v) is 15.9. The first-order valence-corrected chi connectivity index (χ1v) is 8.72. The van der Waals surface area contributed by atoms with Crippen LogP contribution in [-0.2, 0) is 11.3 Å². The Labute approximate surface area is 158 Å². The first kappa shape index (κ1) is 21.1. The third-order valence-corrected chi connectivity index (χ3v) is 3.81. The molecule has 1 aromatic carbocycles. The highest BCUT2D eigenvalue weighted by Crippen LogP contribution is 2.20. The molecular weight excluding hydrogens is 316 g/mol. The van der Waals surface area contributed by atoms with E-state index in [1.165, 1.54) is 0 Å². The maximum Gasteiger partial charge on any atom is 0.113 e. The fraction of sp³-hybridized carbons (Fsp3) is 0.200. The van der Waals surface area contributed by atoms with E-state index in [2.05, 4.69) is 43.4 Å². The van der Waals surface area contributed by atoms with E-state index >= 15 is 0 Å². The van der Waals surface area contributed by atoms with Gasteiger partial charge in [-0.05, 0) is 55.6 Å². The van der Waals surface area contributed by atoms with Gasteiger partial charge in [0.1, 0.15) is 6.61 Å². The van der Waals surface area contributed by atoms with Crippen molar-refractivity contribution in [2.45, 2.75) is 33.3 Å². The molecule has 0 radical (unpaired) electrons. The lowest BCUT2D eigenvalue weighted by Gasteiger charge is -2.12. The maximum atomic E-state index is 6.02. The lowest BCUT2D eigenvalue weighted by atomic mass is 10.0. The van der Waals surface area contributed by atoms with E-state index in [1.54, 1.807) is 6.08 Å². The maximum absolute atomic E-state index is 6.02. The summed E-state index contributed by atoms with van der Waals surface area (Å²) in [5, 5.41) is 0. The molecule has 0 aromatic heterocycles. The highest BCUT2D eigenvalue weighted by atomic mass is 16.5. The van der Waals surface area contributed by atoms with Crippen LogP contribution in [0.4, 0.5) is 0 Å². The highest BCUT2D eigenvalue weighted by Gasteiger charge is 2.04.